The van der Waals surface area contributed by atoms with Crippen LogP contribution in [0, 0.1) is 0 Å². The lowest BCUT2D eigenvalue weighted by Gasteiger charge is -2.33. The van der Waals surface area contributed by atoms with Gasteiger partial charge in [-0.3, -0.25) is 18.9 Å². The third-order valence-electron chi connectivity index (χ3n) is 7.57. The number of anilines is 3. The molecule has 5 aromatic rings. The second-order valence-electron chi connectivity index (χ2n) is 10.7. The van der Waals surface area contributed by atoms with Crippen LogP contribution in [0.5, 0.6) is 0 Å². The summed E-state index contributed by atoms with van der Waals surface area (Å²) >= 11 is 0. The van der Waals surface area contributed by atoms with E-state index in [4.69, 9.17) is 9.40 Å². The molecular weight excluding hydrogens is 522 g/mol. The maximum atomic E-state index is 13.1. The molecule has 12 nitrogen and oxygen atoms in total. The lowest BCUT2D eigenvalue weighted by Crippen LogP contribution is -2.49. The van der Waals surface area contributed by atoms with Crippen LogP contribution < -0.4 is 15.5 Å². The maximum absolute atomic E-state index is 13.1. The van der Waals surface area contributed by atoms with Gasteiger partial charge < -0.3 is 24.9 Å². The number of benzene rings is 1. The molecule has 7 rings (SSSR count). The van der Waals surface area contributed by atoms with Gasteiger partial charge in [-0.2, -0.15) is 0 Å². The summed E-state index contributed by atoms with van der Waals surface area (Å²) in [6, 6.07) is 9.55. The molecule has 0 spiro atoms. The summed E-state index contributed by atoms with van der Waals surface area (Å²) in [5, 5.41) is 6.36. The van der Waals surface area contributed by atoms with Crippen molar-refractivity contribution in [3.63, 3.8) is 0 Å². The lowest BCUT2D eigenvalue weighted by molar-refractivity contribution is -0.120. The number of nitrogens with zero attached hydrogens (tertiary/aromatic N) is 7. The molecule has 0 bridgehead atoms. The Hall–Kier alpha value is -4.81. The first-order valence-corrected chi connectivity index (χ1v) is 13.4. The Morgan fingerprint density at radius 3 is 2.78 bits per heavy atom. The van der Waals surface area contributed by atoms with E-state index >= 15 is 0 Å². The van der Waals surface area contributed by atoms with Crippen LogP contribution in [-0.4, -0.2) is 81.7 Å². The molecule has 0 radical (unpaired) electrons. The summed E-state index contributed by atoms with van der Waals surface area (Å²) in [6.45, 7) is 2.76. The van der Waals surface area contributed by atoms with Gasteiger partial charge in [0.05, 0.1) is 53.5 Å². The summed E-state index contributed by atoms with van der Waals surface area (Å²) in [6.07, 6.45) is 5.07. The molecule has 2 aliphatic heterocycles. The molecule has 1 aromatic carbocycles. The Bertz CT molecular complexity index is 1840. The first kappa shape index (κ1) is 25.2. The number of carbonyl (C=O) groups is 2. The van der Waals surface area contributed by atoms with Gasteiger partial charge in [0.15, 0.2) is 5.65 Å². The van der Waals surface area contributed by atoms with Gasteiger partial charge in [-0.05, 0) is 44.9 Å². The predicted octanol–water partition coefficient (Wildman–Crippen LogP) is 2.86. The highest BCUT2D eigenvalue weighted by atomic mass is 16.3. The predicted molar refractivity (Wildman–Crippen MR) is 154 cm³/mol. The summed E-state index contributed by atoms with van der Waals surface area (Å²) in [7, 11) is 5.90. The van der Waals surface area contributed by atoms with Crippen molar-refractivity contribution in [3.8, 4) is 11.3 Å². The molecule has 0 unspecified atom stereocenters. The molecule has 0 atom stereocenters. The molecule has 6 heterocycles. The molecule has 208 valence electrons. The average Bonchev–Trinajstić information content (AvgIpc) is 3.68. The number of nitrogens with one attached hydrogen (secondary N) is 2. The second-order valence-corrected chi connectivity index (χ2v) is 10.7. The number of rotatable bonds is 6. The number of furan rings is 1. The van der Waals surface area contributed by atoms with E-state index in [-0.39, 0.29) is 11.8 Å². The van der Waals surface area contributed by atoms with Crippen LogP contribution in [0.3, 0.4) is 0 Å². The minimum atomic E-state index is -0.151. The number of hydrogen-bond acceptors (Lipinski definition) is 9. The highest BCUT2D eigenvalue weighted by Gasteiger charge is 2.29. The molecule has 1 saturated heterocycles. The molecule has 12 heteroatoms. The Kier molecular flexibility index (Phi) is 5.94. The molecule has 41 heavy (non-hydrogen) atoms. The summed E-state index contributed by atoms with van der Waals surface area (Å²) < 4.78 is 7.49. The number of aromatic nitrogens is 4. The summed E-state index contributed by atoms with van der Waals surface area (Å²) in [5.41, 5.74) is 7.48. The van der Waals surface area contributed by atoms with Gasteiger partial charge in [-0.1, -0.05) is 6.07 Å². The smallest absolute Gasteiger partial charge is 0.254 e. The van der Waals surface area contributed by atoms with Crippen LogP contribution in [0.2, 0.25) is 0 Å². The Balaban J connectivity index is 1.27. The first-order chi connectivity index (χ1) is 19.9. The molecule has 0 saturated carbocycles. The van der Waals surface area contributed by atoms with Gasteiger partial charge in [0.1, 0.15) is 11.3 Å². The van der Waals surface area contributed by atoms with Gasteiger partial charge in [0.25, 0.3) is 5.91 Å². The van der Waals surface area contributed by atoms with Crippen molar-refractivity contribution in [1.29, 1.82) is 0 Å². The summed E-state index contributed by atoms with van der Waals surface area (Å²) in [5.74, 6) is 0.506. The van der Waals surface area contributed by atoms with E-state index in [0.717, 1.165) is 40.3 Å². The fourth-order valence-corrected chi connectivity index (χ4v) is 5.68. The Morgan fingerprint density at radius 1 is 1.07 bits per heavy atom. The maximum Gasteiger partial charge on any atom is 0.254 e. The lowest BCUT2D eigenvalue weighted by atomic mass is 9.99. The number of carbonyl (C=O) groups excluding carboxylic acids is 2. The minimum absolute atomic E-state index is 0.0576. The van der Waals surface area contributed by atoms with Crippen molar-refractivity contribution in [2.75, 3.05) is 51.0 Å². The van der Waals surface area contributed by atoms with Gasteiger partial charge in [-0.15, -0.1) is 0 Å². The van der Waals surface area contributed by atoms with Crippen LogP contribution >= 0.6 is 0 Å². The zero-order chi connectivity index (χ0) is 28.2. The van der Waals surface area contributed by atoms with Gasteiger partial charge >= 0.3 is 0 Å². The van der Waals surface area contributed by atoms with Gasteiger partial charge in [0, 0.05) is 37.8 Å². The van der Waals surface area contributed by atoms with Crippen molar-refractivity contribution >= 4 is 45.9 Å². The number of amides is 2. The van der Waals surface area contributed by atoms with Crippen LogP contribution in [0.4, 0.5) is 17.2 Å². The van der Waals surface area contributed by atoms with Crippen molar-refractivity contribution in [2.24, 2.45) is 0 Å². The fraction of sp³-hybridized carbons (Fsp3) is 0.276. The van der Waals surface area contributed by atoms with E-state index < -0.39 is 0 Å². The number of hydrogen-bond donors (Lipinski definition) is 2. The zero-order valence-electron chi connectivity index (χ0n) is 23.0. The molecule has 2 N–H and O–H groups in total. The van der Waals surface area contributed by atoms with Crippen molar-refractivity contribution in [1.82, 2.24) is 34.5 Å². The Morgan fingerprint density at radius 2 is 1.95 bits per heavy atom. The molecule has 0 aliphatic carbocycles. The van der Waals surface area contributed by atoms with Crippen LogP contribution in [0.25, 0.3) is 28.1 Å². The molecular formula is C29H29N9O3. The minimum Gasteiger partial charge on any atom is -0.445 e. The third-order valence-corrected chi connectivity index (χ3v) is 7.57. The number of fused-ring (bicyclic) bond motifs is 4. The van der Waals surface area contributed by atoms with E-state index in [1.807, 2.05) is 70.6 Å². The van der Waals surface area contributed by atoms with E-state index in [1.54, 1.807) is 18.7 Å². The van der Waals surface area contributed by atoms with Crippen molar-refractivity contribution in [3.05, 3.63) is 65.8 Å². The van der Waals surface area contributed by atoms with Crippen LogP contribution in [0.15, 0.2) is 53.4 Å². The second kappa shape index (κ2) is 9.68. The van der Waals surface area contributed by atoms with Crippen molar-refractivity contribution in [2.45, 2.75) is 13.1 Å². The molecule has 2 aliphatic rings. The van der Waals surface area contributed by atoms with Crippen LogP contribution in [-0.2, 0) is 17.9 Å². The monoisotopic (exact) mass is 551 g/mol. The molecule has 4 aromatic heterocycles. The molecule has 1 fully saturated rings. The number of imidazole rings is 1. The fourth-order valence-electron chi connectivity index (χ4n) is 5.68. The zero-order valence-corrected chi connectivity index (χ0v) is 23.0. The largest absolute Gasteiger partial charge is 0.445 e. The quantitative estimate of drug-likeness (QED) is 0.328. The number of piperazine rings is 1. The van der Waals surface area contributed by atoms with E-state index in [9.17, 15) is 9.59 Å². The Labute approximate surface area is 235 Å². The third kappa shape index (κ3) is 4.28. The van der Waals surface area contributed by atoms with Gasteiger partial charge in [0.2, 0.25) is 11.6 Å². The highest BCUT2D eigenvalue weighted by molar-refractivity contribution is 6.06. The topological polar surface area (TPSA) is 124 Å². The average molecular weight is 552 g/mol. The first-order valence-electron chi connectivity index (χ1n) is 13.4. The summed E-state index contributed by atoms with van der Waals surface area (Å²) in [4.78, 5) is 45.6. The van der Waals surface area contributed by atoms with Gasteiger partial charge in [-0.25, -0.2) is 15.0 Å². The molecule has 2 amide bonds. The highest BCUT2D eigenvalue weighted by Crippen LogP contribution is 2.36. The van der Waals surface area contributed by atoms with Crippen molar-refractivity contribution < 1.29 is 14.0 Å². The normalized spacial score (nSPS) is 15.8. The SMILES string of the molecule is CN(C)Cc1nc(Nc2ccc(-c3cnc4cnc5occc5n34)c3c2C(=O)NC3)ccc1N1CCN(C)CC1=O. The van der Waals surface area contributed by atoms with E-state index in [1.165, 1.54) is 0 Å². The van der Waals surface area contributed by atoms with E-state index in [0.29, 0.717) is 54.6 Å². The van der Waals surface area contributed by atoms with E-state index in [2.05, 4.69) is 20.6 Å². The standard InChI is InChI=1S/C29H29N9O3/c1-35(2)15-20-21(37-10-9-36(3)16-26(37)39)6-7-24(34-20)33-19-5-4-17(18-12-31-28(40)27(18)19)23-13-30-25-14-32-29-22(38(23)25)8-11-41-29/h4-8,11,13-14H,9-10,12,15-16H2,1-3H3,(H,31,40)(H,33,34). The number of likely N-dealkylation sites (N-methyl/N-ethyl adjacent to an activating group) is 1. The van der Waals surface area contributed by atoms with Crippen LogP contribution in [0.1, 0.15) is 21.6 Å². The number of pyridine rings is 1.